The van der Waals surface area contributed by atoms with Crippen LogP contribution >= 0.6 is 24.0 Å². The van der Waals surface area contributed by atoms with Crippen molar-refractivity contribution in [2.45, 2.75) is 19.6 Å². The Kier molecular flexibility index (Phi) is 8.90. The van der Waals surface area contributed by atoms with Gasteiger partial charge in [-0.05, 0) is 16.7 Å². The Labute approximate surface area is 202 Å². The van der Waals surface area contributed by atoms with Crippen LogP contribution in [-0.4, -0.2) is 58.5 Å². The van der Waals surface area contributed by atoms with Gasteiger partial charge in [0.25, 0.3) is 0 Å². The number of nitrogens with zero attached hydrogens (tertiary/aromatic N) is 5. The Morgan fingerprint density at radius 3 is 2.39 bits per heavy atom. The van der Waals surface area contributed by atoms with Gasteiger partial charge in [-0.25, -0.2) is 4.98 Å². The van der Waals surface area contributed by atoms with Gasteiger partial charge in [-0.3, -0.25) is 9.89 Å². The van der Waals surface area contributed by atoms with Gasteiger partial charge in [0, 0.05) is 65.3 Å². The molecule has 1 N–H and O–H groups in total. The maximum absolute atomic E-state index is 4.52. The highest BCUT2D eigenvalue weighted by molar-refractivity contribution is 14.0. The highest BCUT2D eigenvalue weighted by atomic mass is 127. The molecule has 0 atom stereocenters. The maximum Gasteiger partial charge on any atom is 0.194 e. The summed E-state index contributed by atoms with van der Waals surface area (Å²) in [5, 5.41) is 3.54. The quantitative estimate of drug-likeness (QED) is 0.302. The van der Waals surface area contributed by atoms with Crippen molar-refractivity contribution < 1.29 is 0 Å². The number of nitrogens with one attached hydrogen (secondary N) is 1. The van der Waals surface area contributed by atoms with E-state index in [1.807, 2.05) is 25.8 Å². The lowest BCUT2D eigenvalue weighted by molar-refractivity contribution is 0.172. The molecule has 0 radical (unpaired) electrons. The molecule has 6 nitrogen and oxygen atoms in total. The fraction of sp³-hybridized carbons (Fsp3) is 0.333. The zero-order valence-electron chi connectivity index (χ0n) is 18.0. The summed E-state index contributed by atoms with van der Waals surface area (Å²) in [4.78, 5) is 13.5. The van der Waals surface area contributed by atoms with E-state index in [1.54, 1.807) is 0 Å². The molecule has 164 valence electrons. The van der Waals surface area contributed by atoms with E-state index in [2.05, 4.69) is 84.3 Å². The minimum Gasteiger partial charge on any atom is -0.352 e. The molecule has 0 spiro atoms. The topological polar surface area (TPSA) is 48.7 Å². The van der Waals surface area contributed by atoms with Gasteiger partial charge in [-0.15, -0.1) is 24.0 Å². The summed E-state index contributed by atoms with van der Waals surface area (Å²) in [5.74, 6) is 0.981. The second kappa shape index (κ2) is 11.9. The maximum atomic E-state index is 4.52. The first-order valence-electron chi connectivity index (χ1n) is 10.6. The predicted molar refractivity (Wildman–Crippen MR) is 137 cm³/mol. The van der Waals surface area contributed by atoms with Gasteiger partial charge in [0.15, 0.2) is 5.96 Å². The van der Waals surface area contributed by atoms with Crippen molar-refractivity contribution in [3.63, 3.8) is 0 Å². The summed E-state index contributed by atoms with van der Waals surface area (Å²) in [6, 6.07) is 19.4. The van der Waals surface area contributed by atoms with Gasteiger partial charge in [0.1, 0.15) is 0 Å². The van der Waals surface area contributed by atoms with Crippen LogP contribution in [0.3, 0.4) is 0 Å². The molecule has 2 aromatic carbocycles. The Balaban J connectivity index is 0.00000272. The molecule has 1 saturated heterocycles. The number of benzene rings is 2. The average molecular weight is 530 g/mol. The van der Waals surface area contributed by atoms with E-state index in [0.29, 0.717) is 0 Å². The summed E-state index contributed by atoms with van der Waals surface area (Å²) < 4.78 is 2.08. The smallest absolute Gasteiger partial charge is 0.194 e. The largest absolute Gasteiger partial charge is 0.352 e. The van der Waals surface area contributed by atoms with Gasteiger partial charge in [0.05, 0.1) is 6.33 Å². The van der Waals surface area contributed by atoms with Crippen molar-refractivity contribution in [2.75, 3.05) is 33.2 Å². The van der Waals surface area contributed by atoms with Gasteiger partial charge in [0.2, 0.25) is 0 Å². The molecule has 4 rings (SSSR count). The lowest BCUT2D eigenvalue weighted by atomic mass is 10.1. The predicted octanol–water partition coefficient (Wildman–Crippen LogP) is 3.44. The van der Waals surface area contributed by atoms with Crippen LogP contribution in [0.5, 0.6) is 0 Å². The highest BCUT2D eigenvalue weighted by Crippen LogP contribution is 2.10. The first-order chi connectivity index (χ1) is 14.8. The zero-order valence-corrected chi connectivity index (χ0v) is 20.4. The molecule has 2 heterocycles. The molecule has 0 aliphatic carbocycles. The standard InChI is InChI=1S/C24H30N6.HI/c1-25-24(30-14-12-28(13-15-30)18-21-6-3-2-4-7-21)27-17-22-8-5-9-23(16-22)19-29-11-10-26-20-29;/h2-11,16,20H,12-15,17-19H2,1H3,(H,25,27);1H. The third-order valence-electron chi connectivity index (χ3n) is 5.50. The van der Waals surface area contributed by atoms with E-state index in [0.717, 1.165) is 51.8 Å². The first kappa shape index (κ1) is 23.3. The fourth-order valence-corrected chi connectivity index (χ4v) is 3.90. The second-order valence-electron chi connectivity index (χ2n) is 7.70. The number of piperazine rings is 1. The van der Waals surface area contributed by atoms with Crippen LogP contribution in [0.4, 0.5) is 0 Å². The van der Waals surface area contributed by atoms with E-state index >= 15 is 0 Å². The third-order valence-corrected chi connectivity index (χ3v) is 5.50. The van der Waals surface area contributed by atoms with Crippen LogP contribution in [0.15, 0.2) is 78.3 Å². The molecule has 0 bridgehead atoms. The van der Waals surface area contributed by atoms with Crippen LogP contribution in [0, 0.1) is 0 Å². The monoisotopic (exact) mass is 530 g/mol. The van der Waals surface area contributed by atoms with Crippen molar-refractivity contribution in [3.05, 3.63) is 90.0 Å². The van der Waals surface area contributed by atoms with Crippen LogP contribution < -0.4 is 5.32 Å². The Morgan fingerprint density at radius 2 is 1.68 bits per heavy atom. The van der Waals surface area contributed by atoms with Crippen molar-refractivity contribution in [1.82, 2.24) is 24.7 Å². The van der Waals surface area contributed by atoms with Crippen molar-refractivity contribution >= 4 is 29.9 Å². The molecular weight excluding hydrogens is 499 g/mol. The van der Waals surface area contributed by atoms with Crippen LogP contribution in [0.25, 0.3) is 0 Å². The molecule has 3 aromatic rings. The second-order valence-corrected chi connectivity index (χ2v) is 7.70. The number of halogens is 1. The van der Waals surface area contributed by atoms with E-state index in [9.17, 15) is 0 Å². The van der Waals surface area contributed by atoms with Crippen LogP contribution in [0.2, 0.25) is 0 Å². The van der Waals surface area contributed by atoms with Crippen molar-refractivity contribution in [2.24, 2.45) is 4.99 Å². The molecule has 7 heteroatoms. The fourth-order valence-electron chi connectivity index (χ4n) is 3.90. The summed E-state index contributed by atoms with van der Waals surface area (Å²) >= 11 is 0. The number of aliphatic imine (C=N–C) groups is 1. The van der Waals surface area contributed by atoms with E-state index in [1.165, 1.54) is 16.7 Å². The van der Waals surface area contributed by atoms with Crippen molar-refractivity contribution in [1.29, 1.82) is 0 Å². The molecule has 0 amide bonds. The third kappa shape index (κ3) is 6.80. The van der Waals surface area contributed by atoms with Gasteiger partial charge < -0.3 is 14.8 Å². The molecule has 1 aliphatic heterocycles. The Hall–Kier alpha value is -2.39. The molecule has 1 fully saturated rings. The molecule has 1 aromatic heterocycles. The minimum absolute atomic E-state index is 0. The van der Waals surface area contributed by atoms with Gasteiger partial charge in [-0.2, -0.15) is 0 Å². The number of imidazole rings is 1. The van der Waals surface area contributed by atoms with Crippen LogP contribution in [-0.2, 0) is 19.6 Å². The van der Waals surface area contributed by atoms with E-state index in [4.69, 9.17) is 0 Å². The minimum atomic E-state index is 0. The number of hydrogen-bond donors (Lipinski definition) is 1. The molecule has 0 saturated carbocycles. The normalized spacial score (nSPS) is 14.9. The zero-order chi connectivity index (χ0) is 20.6. The van der Waals surface area contributed by atoms with E-state index in [-0.39, 0.29) is 24.0 Å². The van der Waals surface area contributed by atoms with Gasteiger partial charge >= 0.3 is 0 Å². The first-order valence-corrected chi connectivity index (χ1v) is 10.6. The van der Waals surface area contributed by atoms with E-state index < -0.39 is 0 Å². The molecular formula is C24H31IN6. The van der Waals surface area contributed by atoms with Crippen molar-refractivity contribution in [3.8, 4) is 0 Å². The number of hydrogen-bond acceptors (Lipinski definition) is 3. The summed E-state index contributed by atoms with van der Waals surface area (Å²) in [5.41, 5.74) is 3.91. The average Bonchev–Trinajstić information content (AvgIpc) is 3.29. The highest BCUT2D eigenvalue weighted by Gasteiger charge is 2.19. The summed E-state index contributed by atoms with van der Waals surface area (Å²) in [6.07, 6.45) is 5.66. The SMILES string of the molecule is CN=C(NCc1cccc(Cn2ccnc2)c1)N1CCN(Cc2ccccc2)CC1.I. The lowest BCUT2D eigenvalue weighted by Gasteiger charge is -2.36. The van der Waals surface area contributed by atoms with Crippen LogP contribution in [0.1, 0.15) is 16.7 Å². The molecule has 0 unspecified atom stereocenters. The summed E-state index contributed by atoms with van der Waals surface area (Å²) in [7, 11) is 1.87. The lowest BCUT2D eigenvalue weighted by Crippen LogP contribution is -2.52. The number of rotatable bonds is 6. The summed E-state index contributed by atoms with van der Waals surface area (Å²) in [6.45, 7) is 6.72. The molecule has 31 heavy (non-hydrogen) atoms. The number of guanidine groups is 1. The number of aromatic nitrogens is 2. The van der Waals surface area contributed by atoms with Gasteiger partial charge in [-0.1, -0.05) is 54.6 Å². The Morgan fingerprint density at radius 1 is 0.935 bits per heavy atom. The molecule has 1 aliphatic rings. The Bertz CT molecular complexity index is 934.